The Hall–Kier alpha value is -2.70. The van der Waals surface area contributed by atoms with Crippen LogP contribution in [0, 0.1) is 10.1 Å². The summed E-state index contributed by atoms with van der Waals surface area (Å²) in [6.45, 7) is 3.58. The van der Waals surface area contributed by atoms with Crippen molar-refractivity contribution >= 4 is 17.5 Å². The number of allylic oxidation sites excluding steroid dienone is 1. The molecule has 0 fully saturated rings. The third kappa shape index (κ3) is 5.74. The van der Waals surface area contributed by atoms with Crippen molar-refractivity contribution in [1.82, 2.24) is 5.32 Å². The molecule has 22 heavy (non-hydrogen) atoms. The fraction of sp³-hybridized carbons (Fsp3) is 0.333. The molecule has 0 aliphatic rings. The number of benzene rings is 1. The summed E-state index contributed by atoms with van der Waals surface area (Å²) in [4.78, 5) is 33.4. The molecular weight excluding hydrogens is 286 g/mol. The maximum Gasteiger partial charge on any atom is 0.269 e. The van der Waals surface area contributed by atoms with Gasteiger partial charge in [-0.25, -0.2) is 0 Å². The number of nitro benzene ring substituents is 1. The number of nitrogens with one attached hydrogen (secondary N) is 1. The highest BCUT2D eigenvalue weighted by atomic mass is 16.6. The lowest BCUT2D eigenvalue weighted by Crippen LogP contribution is -2.44. The van der Waals surface area contributed by atoms with Gasteiger partial charge in [-0.15, -0.1) is 6.58 Å². The Kier molecular flexibility index (Phi) is 6.75. The Balaban J connectivity index is 2.63. The number of carbonyl (C=O) groups is 2. The molecule has 0 heterocycles. The Morgan fingerprint density at radius 3 is 2.77 bits per heavy atom. The summed E-state index contributed by atoms with van der Waals surface area (Å²) in [6, 6.07) is 5.06. The number of hydrogen-bond donors (Lipinski definition) is 2. The molecule has 1 atom stereocenters. The first-order chi connectivity index (χ1) is 10.4. The molecule has 0 aliphatic heterocycles. The number of non-ortho nitro benzene ring substituents is 1. The van der Waals surface area contributed by atoms with Gasteiger partial charge in [-0.05, 0) is 24.8 Å². The van der Waals surface area contributed by atoms with Gasteiger partial charge in [0.1, 0.15) is 6.04 Å². The Bertz CT molecular complexity index is 572. The van der Waals surface area contributed by atoms with E-state index in [9.17, 15) is 19.7 Å². The van der Waals surface area contributed by atoms with Crippen LogP contribution < -0.4 is 11.1 Å². The topological polar surface area (TPSA) is 115 Å². The van der Waals surface area contributed by atoms with Gasteiger partial charge in [-0.1, -0.05) is 18.2 Å². The van der Waals surface area contributed by atoms with Crippen LogP contribution in [-0.4, -0.2) is 22.8 Å². The minimum atomic E-state index is -0.744. The van der Waals surface area contributed by atoms with Gasteiger partial charge in [0.05, 0.1) is 11.3 Å². The van der Waals surface area contributed by atoms with Crippen molar-refractivity contribution in [2.75, 3.05) is 0 Å². The zero-order valence-corrected chi connectivity index (χ0v) is 12.2. The fourth-order valence-corrected chi connectivity index (χ4v) is 1.96. The zero-order valence-electron chi connectivity index (χ0n) is 12.2. The first-order valence-corrected chi connectivity index (χ1v) is 6.87. The molecule has 7 nitrogen and oxygen atoms in total. The van der Waals surface area contributed by atoms with Crippen LogP contribution in [0.15, 0.2) is 36.9 Å². The van der Waals surface area contributed by atoms with E-state index in [1.807, 2.05) is 0 Å². The lowest BCUT2D eigenvalue weighted by atomic mass is 10.1. The molecule has 0 spiro atoms. The SMILES string of the molecule is C=CCCC[C@H](NC(=O)Cc1cccc([N+](=O)[O-])c1)C(N)=O. The summed E-state index contributed by atoms with van der Waals surface area (Å²) in [5.41, 5.74) is 5.68. The second-order valence-electron chi connectivity index (χ2n) is 4.85. The van der Waals surface area contributed by atoms with Crippen molar-refractivity contribution in [2.24, 2.45) is 5.73 Å². The van der Waals surface area contributed by atoms with E-state index in [2.05, 4.69) is 11.9 Å². The van der Waals surface area contributed by atoms with E-state index >= 15 is 0 Å². The summed E-state index contributed by atoms with van der Waals surface area (Å²) < 4.78 is 0. The summed E-state index contributed by atoms with van der Waals surface area (Å²) >= 11 is 0. The quantitative estimate of drug-likeness (QED) is 0.311. The van der Waals surface area contributed by atoms with Crippen molar-refractivity contribution < 1.29 is 14.5 Å². The Morgan fingerprint density at radius 2 is 2.18 bits per heavy atom. The molecule has 1 rings (SSSR count). The number of nitrogens with zero attached hydrogens (tertiary/aromatic N) is 1. The van der Waals surface area contributed by atoms with E-state index < -0.39 is 22.8 Å². The molecule has 0 saturated carbocycles. The Labute approximate surface area is 128 Å². The van der Waals surface area contributed by atoms with Gasteiger partial charge in [0.15, 0.2) is 0 Å². The highest BCUT2D eigenvalue weighted by molar-refractivity contribution is 5.87. The van der Waals surface area contributed by atoms with Crippen LogP contribution >= 0.6 is 0 Å². The van der Waals surface area contributed by atoms with Crippen molar-refractivity contribution in [2.45, 2.75) is 31.7 Å². The summed E-state index contributed by atoms with van der Waals surface area (Å²) in [7, 11) is 0. The van der Waals surface area contributed by atoms with Gasteiger partial charge in [-0.3, -0.25) is 19.7 Å². The minimum absolute atomic E-state index is 0.0487. The van der Waals surface area contributed by atoms with E-state index in [1.54, 1.807) is 12.1 Å². The molecule has 3 N–H and O–H groups in total. The predicted octanol–water partition coefficient (Wildman–Crippen LogP) is 1.46. The zero-order chi connectivity index (χ0) is 16.5. The molecule has 118 valence electrons. The second kappa shape index (κ2) is 8.56. The standard InChI is InChI=1S/C15H19N3O4/c1-2-3-4-8-13(15(16)20)17-14(19)10-11-6-5-7-12(9-11)18(21)22/h2,5-7,9,13H,1,3-4,8,10H2,(H2,16,20)(H,17,19)/t13-/m0/s1. The molecule has 1 aromatic carbocycles. The van der Waals surface area contributed by atoms with Crippen molar-refractivity contribution in [1.29, 1.82) is 0 Å². The lowest BCUT2D eigenvalue weighted by molar-refractivity contribution is -0.384. The number of primary amides is 1. The van der Waals surface area contributed by atoms with E-state index in [-0.39, 0.29) is 12.1 Å². The lowest BCUT2D eigenvalue weighted by Gasteiger charge is -2.15. The van der Waals surface area contributed by atoms with E-state index in [4.69, 9.17) is 5.73 Å². The monoisotopic (exact) mass is 305 g/mol. The van der Waals surface area contributed by atoms with Gasteiger partial charge in [-0.2, -0.15) is 0 Å². The van der Waals surface area contributed by atoms with Crippen LogP contribution in [0.2, 0.25) is 0 Å². The number of nitro groups is 1. The first kappa shape index (κ1) is 17.4. The molecule has 0 aliphatic carbocycles. The number of carbonyl (C=O) groups excluding carboxylic acids is 2. The highest BCUT2D eigenvalue weighted by Crippen LogP contribution is 2.13. The van der Waals surface area contributed by atoms with Crippen LogP contribution in [0.5, 0.6) is 0 Å². The summed E-state index contributed by atoms with van der Waals surface area (Å²) in [5, 5.41) is 13.2. The average molecular weight is 305 g/mol. The van der Waals surface area contributed by atoms with Crippen molar-refractivity contribution in [3.8, 4) is 0 Å². The number of rotatable bonds is 9. The molecular formula is C15H19N3O4. The third-order valence-electron chi connectivity index (χ3n) is 3.07. The number of unbranched alkanes of at least 4 members (excludes halogenated alkanes) is 1. The molecule has 0 unspecified atom stereocenters. The number of nitrogens with two attached hydrogens (primary N) is 1. The van der Waals surface area contributed by atoms with Crippen molar-refractivity contribution in [3.05, 3.63) is 52.6 Å². The molecule has 7 heteroatoms. The molecule has 2 amide bonds. The van der Waals surface area contributed by atoms with Crippen molar-refractivity contribution in [3.63, 3.8) is 0 Å². The van der Waals surface area contributed by atoms with Crippen LogP contribution in [0.1, 0.15) is 24.8 Å². The summed E-state index contributed by atoms with van der Waals surface area (Å²) in [6.07, 6.45) is 3.52. The molecule has 0 bridgehead atoms. The normalized spacial score (nSPS) is 11.5. The smallest absolute Gasteiger partial charge is 0.269 e. The van der Waals surface area contributed by atoms with Gasteiger partial charge >= 0.3 is 0 Å². The maximum absolute atomic E-state index is 11.9. The van der Waals surface area contributed by atoms with Gasteiger partial charge in [0.2, 0.25) is 11.8 Å². The second-order valence-corrected chi connectivity index (χ2v) is 4.85. The summed E-state index contributed by atoms with van der Waals surface area (Å²) in [5.74, 6) is -1.00. The maximum atomic E-state index is 11.9. The van der Waals surface area contributed by atoms with E-state index in [0.717, 1.165) is 6.42 Å². The van der Waals surface area contributed by atoms with Crippen LogP contribution in [0.25, 0.3) is 0 Å². The Morgan fingerprint density at radius 1 is 1.45 bits per heavy atom. The molecule has 0 aromatic heterocycles. The van der Waals surface area contributed by atoms with Gasteiger partial charge < -0.3 is 11.1 Å². The third-order valence-corrected chi connectivity index (χ3v) is 3.07. The number of hydrogen-bond acceptors (Lipinski definition) is 4. The van der Waals surface area contributed by atoms with Crippen LogP contribution in [0.3, 0.4) is 0 Å². The minimum Gasteiger partial charge on any atom is -0.368 e. The van der Waals surface area contributed by atoms with Crippen LogP contribution in [-0.2, 0) is 16.0 Å². The van der Waals surface area contributed by atoms with Crippen LogP contribution in [0.4, 0.5) is 5.69 Å². The largest absolute Gasteiger partial charge is 0.368 e. The van der Waals surface area contributed by atoms with E-state index in [0.29, 0.717) is 18.4 Å². The predicted molar refractivity (Wildman–Crippen MR) is 82.0 cm³/mol. The first-order valence-electron chi connectivity index (χ1n) is 6.87. The van der Waals surface area contributed by atoms with Gasteiger partial charge in [0.25, 0.3) is 5.69 Å². The molecule has 0 saturated heterocycles. The molecule has 0 radical (unpaired) electrons. The van der Waals surface area contributed by atoms with Gasteiger partial charge in [0, 0.05) is 12.1 Å². The average Bonchev–Trinajstić information content (AvgIpc) is 2.46. The fourth-order valence-electron chi connectivity index (χ4n) is 1.96. The van der Waals surface area contributed by atoms with E-state index in [1.165, 1.54) is 18.2 Å². The number of amides is 2. The highest BCUT2D eigenvalue weighted by Gasteiger charge is 2.18. The molecule has 1 aromatic rings.